The number of nitrogens with two attached hydrogens (primary N) is 1. The normalized spacial score (nSPS) is 13.9. The average Bonchev–Trinajstić information content (AvgIpc) is 2.44. The van der Waals surface area contributed by atoms with Gasteiger partial charge in [0.2, 0.25) is 0 Å². The second-order valence-electron chi connectivity index (χ2n) is 4.41. The van der Waals surface area contributed by atoms with Crippen molar-refractivity contribution in [3.63, 3.8) is 0 Å². The number of rotatable bonds is 2. The zero-order valence-corrected chi connectivity index (χ0v) is 10.3. The van der Waals surface area contributed by atoms with Crippen LogP contribution in [0.1, 0.15) is 24.1 Å². The maximum Gasteiger partial charge on any atom is 0.132 e. The second-order valence-corrected chi connectivity index (χ2v) is 4.41. The van der Waals surface area contributed by atoms with Gasteiger partial charge in [0.05, 0.1) is 6.04 Å². The summed E-state index contributed by atoms with van der Waals surface area (Å²) in [6, 6.07) is 16.2. The van der Waals surface area contributed by atoms with Crippen LogP contribution in [0.25, 0.3) is 0 Å². The highest BCUT2D eigenvalue weighted by Gasteiger charge is 2.29. The Morgan fingerprint density at radius 3 is 2.00 bits per heavy atom. The fourth-order valence-corrected chi connectivity index (χ4v) is 2.42. The highest BCUT2D eigenvalue weighted by molar-refractivity contribution is 5.52. The minimum Gasteiger partial charge on any atom is -0.457 e. The van der Waals surface area contributed by atoms with Crippen LogP contribution in [-0.4, -0.2) is 11.6 Å². The van der Waals surface area contributed by atoms with E-state index in [4.69, 9.17) is 10.6 Å². The molecule has 3 rings (SSSR count). The first-order chi connectivity index (χ1) is 8.81. The molecule has 0 spiro atoms. The molecule has 1 aliphatic heterocycles. The zero-order chi connectivity index (χ0) is 12.5. The topological polar surface area (TPSA) is 38.5 Å². The monoisotopic (exact) mass is 240 g/mol. The van der Waals surface area contributed by atoms with Crippen LogP contribution in [-0.2, 0) is 0 Å². The highest BCUT2D eigenvalue weighted by Crippen LogP contribution is 2.44. The van der Waals surface area contributed by atoms with E-state index in [9.17, 15) is 0 Å². The molecule has 0 amide bonds. The molecule has 2 aromatic carbocycles. The largest absolute Gasteiger partial charge is 0.457 e. The molecule has 0 radical (unpaired) electrons. The molecule has 18 heavy (non-hydrogen) atoms. The van der Waals surface area contributed by atoms with Crippen LogP contribution < -0.4 is 10.6 Å². The molecule has 0 bridgehead atoms. The standard InChI is InChI=1S/C15H16N2O/c1-2-17(16)15-11-7-3-5-9-13(11)18-14-10-6-4-8-12(14)15/h3-10,15H,2,16H2,1H3. The van der Waals surface area contributed by atoms with E-state index in [-0.39, 0.29) is 6.04 Å². The number of para-hydroxylation sites is 2. The van der Waals surface area contributed by atoms with E-state index in [1.165, 1.54) is 0 Å². The van der Waals surface area contributed by atoms with Crippen molar-refractivity contribution in [1.82, 2.24) is 5.01 Å². The van der Waals surface area contributed by atoms with Crippen molar-refractivity contribution in [3.05, 3.63) is 59.7 Å². The van der Waals surface area contributed by atoms with Crippen molar-refractivity contribution in [3.8, 4) is 11.5 Å². The van der Waals surface area contributed by atoms with Crippen LogP contribution in [0.4, 0.5) is 0 Å². The van der Waals surface area contributed by atoms with Gasteiger partial charge < -0.3 is 4.74 Å². The molecule has 2 aromatic rings. The van der Waals surface area contributed by atoms with Crippen LogP contribution in [0.2, 0.25) is 0 Å². The van der Waals surface area contributed by atoms with Crippen molar-refractivity contribution >= 4 is 0 Å². The third-order valence-corrected chi connectivity index (χ3v) is 3.34. The molecule has 0 saturated carbocycles. The third kappa shape index (κ3) is 1.68. The van der Waals surface area contributed by atoms with E-state index >= 15 is 0 Å². The summed E-state index contributed by atoms with van der Waals surface area (Å²) in [7, 11) is 0. The average molecular weight is 240 g/mol. The van der Waals surface area contributed by atoms with Gasteiger partial charge in [0, 0.05) is 17.7 Å². The van der Waals surface area contributed by atoms with E-state index in [0.29, 0.717) is 0 Å². The van der Waals surface area contributed by atoms with Gasteiger partial charge in [-0.25, -0.2) is 5.01 Å². The van der Waals surface area contributed by atoms with Crippen LogP contribution in [0.3, 0.4) is 0 Å². The Kier molecular flexibility index (Phi) is 2.78. The number of benzene rings is 2. The Labute approximate surface area is 107 Å². The number of ether oxygens (including phenoxy) is 1. The van der Waals surface area contributed by atoms with Crippen LogP contribution in [0.15, 0.2) is 48.5 Å². The smallest absolute Gasteiger partial charge is 0.132 e. The zero-order valence-electron chi connectivity index (χ0n) is 10.3. The first-order valence-electron chi connectivity index (χ1n) is 6.18. The number of hydrogen-bond acceptors (Lipinski definition) is 3. The Morgan fingerprint density at radius 1 is 1.00 bits per heavy atom. The van der Waals surface area contributed by atoms with E-state index in [1.807, 2.05) is 41.4 Å². The van der Waals surface area contributed by atoms with Crippen molar-refractivity contribution in [2.45, 2.75) is 13.0 Å². The lowest BCUT2D eigenvalue weighted by atomic mass is 9.94. The van der Waals surface area contributed by atoms with E-state index < -0.39 is 0 Å². The molecule has 0 saturated heterocycles. The number of fused-ring (bicyclic) bond motifs is 2. The van der Waals surface area contributed by atoms with Gasteiger partial charge in [-0.2, -0.15) is 0 Å². The maximum atomic E-state index is 6.16. The van der Waals surface area contributed by atoms with Crippen molar-refractivity contribution in [2.24, 2.45) is 5.84 Å². The molecule has 3 nitrogen and oxygen atoms in total. The van der Waals surface area contributed by atoms with Crippen LogP contribution >= 0.6 is 0 Å². The number of hydrazine groups is 1. The highest BCUT2D eigenvalue weighted by atomic mass is 16.5. The van der Waals surface area contributed by atoms with Crippen molar-refractivity contribution in [2.75, 3.05) is 6.54 Å². The molecule has 3 heteroatoms. The Balaban J connectivity index is 2.17. The van der Waals surface area contributed by atoms with Crippen LogP contribution in [0, 0.1) is 0 Å². The lowest BCUT2D eigenvalue weighted by molar-refractivity contribution is 0.229. The molecule has 0 aromatic heterocycles. The molecule has 1 aliphatic rings. The van der Waals surface area contributed by atoms with Gasteiger partial charge in [0.1, 0.15) is 11.5 Å². The minimum absolute atomic E-state index is 0.0659. The predicted octanol–water partition coefficient (Wildman–Crippen LogP) is 3.08. The van der Waals surface area contributed by atoms with Gasteiger partial charge in [-0.15, -0.1) is 0 Å². The van der Waals surface area contributed by atoms with Gasteiger partial charge in [-0.3, -0.25) is 5.84 Å². The summed E-state index contributed by atoms with van der Waals surface area (Å²) in [4.78, 5) is 0. The quantitative estimate of drug-likeness (QED) is 0.647. The number of nitrogens with zero attached hydrogens (tertiary/aromatic N) is 1. The van der Waals surface area contributed by atoms with E-state index in [2.05, 4.69) is 19.1 Å². The SMILES string of the molecule is CCN(N)C1c2ccccc2Oc2ccccc21. The summed E-state index contributed by atoms with van der Waals surface area (Å²) >= 11 is 0. The molecular formula is C15H16N2O. The molecule has 0 fully saturated rings. The first-order valence-corrected chi connectivity index (χ1v) is 6.18. The van der Waals surface area contributed by atoms with E-state index in [0.717, 1.165) is 29.2 Å². The summed E-state index contributed by atoms with van der Waals surface area (Å²) in [5.41, 5.74) is 2.25. The molecule has 2 N–H and O–H groups in total. The lowest BCUT2D eigenvalue weighted by Gasteiger charge is -2.33. The second kappa shape index (κ2) is 4.44. The molecule has 0 unspecified atom stereocenters. The van der Waals surface area contributed by atoms with Crippen molar-refractivity contribution in [1.29, 1.82) is 0 Å². The van der Waals surface area contributed by atoms with E-state index in [1.54, 1.807) is 0 Å². The molecule has 1 heterocycles. The Bertz CT molecular complexity index is 522. The Morgan fingerprint density at radius 2 is 1.50 bits per heavy atom. The van der Waals surface area contributed by atoms with Crippen LogP contribution in [0.5, 0.6) is 11.5 Å². The minimum atomic E-state index is 0.0659. The summed E-state index contributed by atoms with van der Waals surface area (Å²) in [6.07, 6.45) is 0. The molecule has 0 aliphatic carbocycles. The summed E-state index contributed by atoms with van der Waals surface area (Å²) in [6.45, 7) is 2.84. The molecular weight excluding hydrogens is 224 g/mol. The lowest BCUT2D eigenvalue weighted by Crippen LogP contribution is -2.36. The fraction of sp³-hybridized carbons (Fsp3) is 0.200. The summed E-state index contributed by atoms with van der Waals surface area (Å²) in [5.74, 6) is 7.94. The predicted molar refractivity (Wildman–Crippen MR) is 71.4 cm³/mol. The van der Waals surface area contributed by atoms with Gasteiger partial charge >= 0.3 is 0 Å². The fourth-order valence-electron chi connectivity index (χ4n) is 2.42. The molecule has 92 valence electrons. The summed E-state index contributed by atoms with van der Waals surface area (Å²) in [5, 5.41) is 1.85. The van der Waals surface area contributed by atoms with Gasteiger partial charge in [0.25, 0.3) is 0 Å². The van der Waals surface area contributed by atoms with Gasteiger partial charge in [0.15, 0.2) is 0 Å². The number of hydrogen-bond donors (Lipinski definition) is 1. The Hall–Kier alpha value is -1.84. The van der Waals surface area contributed by atoms with Gasteiger partial charge in [-0.1, -0.05) is 43.3 Å². The van der Waals surface area contributed by atoms with Crippen molar-refractivity contribution < 1.29 is 4.74 Å². The van der Waals surface area contributed by atoms with Gasteiger partial charge in [-0.05, 0) is 12.1 Å². The first kappa shape index (κ1) is 11.3. The molecule has 0 atom stereocenters. The third-order valence-electron chi connectivity index (χ3n) is 3.34. The summed E-state index contributed by atoms with van der Waals surface area (Å²) < 4.78 is 5.92. The maximum absolute atomic E-state index is 6.16.